The van der Waals surface area contributed by atoms with E-state index in [4.69, 9.17) is 5.73 Å². The second-order valence-corrected chi connectivity index (χ2v) is 10.2. The molecule has 36 heavy (non-hydrogen) atoms. The van der Waals surface area contributed by atoms with Crippen LogP contribution in [0.5, 0.6) is 0 Å². The quantitative estimate of drug-likeness (QED) is 0.237. The molecule has 0 saturated heterocycles. The van der Waals surface area contributed by atoms with Crippen molar-refractivity contribution in [1.82, 2.24) is 14.8 Å². The fourth-order valence-corrected chi connectivity index (χ4v) is 5.78. The van der Waals surface area contributed by atoms with E-state index in [1.807, 2.05) is 13.0 Å². The number of nitrogens with two attached hydrogens (primary N) is 1. The topological polar surface area (TPSA) is 146 Å². The summed E-state index contributed by atoms with van der Waals surface area (Å²) in [4.78, 5) is 41.5. The predicted molar refractivity (Wildman–Crippen MR) is 133 cm³/mol. The van der Waals surface area contributed by atoms with E-state index in [0.29, 0.717) is 21.5 Å². The zero-order valence-electron chi connectivity index (χ0n) is 19.3. The maximum atomic E-state index is 13.6. The monoisotopic (exact) mass is 534 g/mol. The van der Waals surface area contributed by atoms with Crippen molar-refractivity contribution < 1.29 is 23.3 Å². The van der Waals surface area contributed by atoms with Crippen LogP contribution >= 0.6 is 22.7 Å². The maximum absolute atomic E-state index is 13.6. The molecule has 0 radical (unpaired) electrons. The van der Waals surface area contributed by atoms with Gasteiger partial charge in [-0.3, -0.25) is 24.4 Å². The average molecular weight is 535 g/mol. The largest absolute Gasteiger partial charge is 0.365 e. The van der Waals surface area contributed by atoms with Gasteiger partial charge in [0.15, 0.2) is 0 Å². The molecule has 0 atom stereocenters. The normalized spacial score (nSPS) is 11.4. The summed E-state index contributed by atoms with van der Waals surface area (Å²) in [6.45, 7) is 4.96. The number of nitrogens with zero attached hydrogens (tertiary/aromatic N) is 4. The van der Waals surface area contributed by atoms with Crippen molar-refractivity contribution in [1.29, 1.82) is 0 Å². The number of halogens is 2. The van der Waals surface area contributed by atoms with Crippen molar-refractivity contribution in [2.75, 3.05) is 5.32 Å². The van der Waals surface area contributed by atoms with Crippen molar-refractivity contribution in [3.8, 4) is 10.4 Å². The van der Waals surface area contributed by atoms with E-state index in [1.165, 1.54) is 35.9 Å². The van der Waals surface area contributed by atoms with Crippen LogP contribution in [0.1, 0.15) is 44.5 Å². The first kappa shape index (κ1) is 25.3. The smallest absolute Gasteiger partial charge is 0.312 e. The Kier molecular flexibility index (Phi) is 6.82. The maximum Gasteiger partial charge on any atom is 0.312 e. The zero-order valence-corrected chi connectivity index (χ0v) is 20.9. The molecule has 0 saturated carbocycles. The Balaban J connectivity index is 1.73. The Morgan fingerprint density at radius 1 is 1.25 bits per heavy atom. The molecule has 2 amide bonds. The lowest BCUT2D eigenvalue weighted by atomic mass is 10.1. The molecule has 0 aliphatic heterocycles. The number of primary amides is 1. The van der Waals surface area contributed by atoms with Gasteiger partial charge in [0.2, 0.25) is 5.91 Å². The van der Waals surface area contributed by atoms with Gasteiger partial charge in [0.25, 0.3) is 12.3 Å². The number of amides is 2. The minimum Gasteiger partial charge on any atom is -0.365 e. The van der Waals surface area contributed by atoms with Crippen molar-refractivity contribution in [2.45, 2.75) is 40.2 Å². The van der Waals surface area contributed by atoms with Crippen molar-refractivity contribution in [3.63, 3.8) is 0 Å². The fraction of sp³-hybridized carbons (Fsp3) is 0.273. The number of nitrogens with one attached hydrogen (secondary N) is 1. The molecule has 0 aliphatic carbocycles. The first-order chi connectivity index (χ1) is 17.0. The Morgan fingerprint density at radius 2 is 1.97 bits per heavy atom. The number of alkyl halides is 2. The predicted octanol–water partition coefficient (Wildman–Crippen LogP) is 5.12. The van der Waals surface area contributed by atoms with Gasteiger partial charge >= 0.3 is 5.69 Å². The van der Waals surface area contributed by atoms with Crippen molar-refractivity contribution in [3.05, 3.63) is 55.1 Å². The number of anilines is 1. The Labute approximate surface area is 210 Å². The van der Waals surface area contributed by atoms with Crippen LogP contribution in [-0.4, -0.2) is 31.5 Å². The standard InChI is InChI=1S/C22H20F2N6O4S2/c1-9-4-5-14(35-9)12-8-13(20(23)24)26-22-16(12)17(19(36-22)21(25)32)27-15(31)6-7-29-11(3)18(30(33)34)10(2)28-29/h4-5,8,20H,6-7H2,1-3H3,(H2,25,32)(H,27,31). The number of fused-ring (bicyclic) bond motifs is 1. The van der Waals surface area contributed by atoms with Crippen LogP contribution in [-0.2, 0) is 11.3 Å². The third-order valence-electron chi connectivity index (χ3n) is 5.48. The fourth-order valence-electron chi connectivity index (χ4n) is 3.87. The molecule has 0 bridgehead atoms. The number of aromatic nitrogens is 3. The minimum absolute atomic E-state index is 0.0199. The number of hydrogen-bond donors (Lipinski definition) is 2. The highest BCUT2D eigenvalue weighted by atomic mass is 32.1. The molecular formula is C22H20F2N6O4S2. The van der Waals surface area contributed by atoms with Gasteiger partial charge in [0.1, 0.15) is 26.8 Å². The number of carbonyl (C=O) groups excluding carboxylic acids is 2. The third-order valence-corrected chi connectivity index (χ3v) is 7.61. The van der Waals surface area contributed by atoms with E-state index >= 15 is 0 Å². The van der Waals surface area contributed by atoms with Crippen LogP contribution in [0.25, 0.3) is 20.7 Å². The molecule has 0 aliphatic rings. The summed E-state index contributed by atoms with van der Waals surface area (Å²) in [6, 6.07) is 4.86. The number of rotatable bonds is 8. The Hall–Kier alpha value is -3.78. The lowest BCUT2D eigenvalue weighted by molar-refractivity contribution is -0.386. The molecule has 4 heterocycles. The van der Waals surface area contributed by atoms with E-state index < -0.39 is 28.9 Å². The summed E-state index contributed by atoms with van der Waals surface area (Å²) >= 11 is 2.20. The van der Waals surface area contributed by atoms with Gasteiger partial charge < -0.3 is 11.1 Å². The number of hydrogen-bond acceptors (Lipinski definition) is 8. The van der Waals surface area contributed by atoms with E-state index in [1.54, 1.807) is 6.07 Å². The van der Waals surface area contributed by atoms with Crippen molar-refractivity contribution in [2.24, 2.45) is 5.73 Å². The molecule has 4 rings (SSSR count). The van der Waals surface area contributed by atoms with Crippen LogP contribution in [0.15, 0.2) is 18.2 Å². The van der Waals surface area contributed by atoms with Gasteiger partial charge in [0.05, 0.1) is 17.2 Å². The molecule has 0 aromatic carbocycles. The van der Waals surface area contributed by atoms with Crippen LogP contribution in [0.2, 0.25) is 0 Å². The highest BCUT2D eigenvalue weighted by Crippen LogP contribution is 2.44. The number of aryl methyl sites for hydroxylation is 3. The molecule has 3 N–H and O–H groups in total. The summed E-state index contributed by atoms with van der Waals surface area (Å²) in [5.41, 5.74) is 6.02. The van der Waals surface area contributed by atoms with Gasteiger partial charge in [-0.15, -0.1) is 22.7 Å². The van der Waals surface area contributed by atoms with Gasteiger partial charge in [-0.25, -0.2) is 13.8 Å². The average Bonchev–Trinajstić information content (AvgIpc) is 3.47. The summed E-state index contributed by atoms with van der Waals surface area (Å²) in [5, 5.41) is 18.4. The first-order valence-corrected chi connectivity index (χ1v) is 12.2. The number of nitro groups is 1. The van der Waals surface area contributed by atoms with E-state index in [-0.39, 0.29) is 39.7 Å². The molecule has 4 aromatic heterocycles. The molecular weight excluding hydrogens is 514 g/mol. The molecule has 188 valence electrons. The molecule has 10 nitrogen and oxygen atoms in total. The minimum atomic E-state index is -2.84. The summed E-state index contributed by atoms with van der Waals surface area (Å²) in [7, 11) is 0. The molecule has 4 aromatic rings. The van der Waals surface area contributed by atoms with E-state index in [0.717, 1.165) is 16.2 Å². The van der Waals surface area contributed by atoms with Gasteiger partial charge in [-0.1, -0.05) is 0 Å². The van der Waals surface area contributed by atoms with Crippen LogP contribution < -0.4 is 11.1 Å². The van der Waals surface area contributed by atoms with Gasteiger partial charge in [0, 0.05) is 27.1 Å². The molecule has 14 heteroatoms. The third kappa shape index (κ3) is 4.68. The lowest BCUT2D eigenvalue weighted by Gasteiger charge is -2.10. The second-order valence-electron chi connectivity index (χ2n) is 7.95. The first-order valence-electron chi connectivity index (χ1n) is 10.6. The van der Waals surface area contributed by atoms with E-state index in [9.17, 15) is 28.5 Å². The molecule has 0 spiro atoms. The lowest BCUT2D eigenvalue weighted by Crippen LogP contribution is -2.18. The van der Waals surface area contributed by atoms with E-state index in [2.05, 4.69) is 15.4 Å². The number of pyridine rings is 1. The zero-order chi connectivity index (χ0) is 26.3. The summed E-state index contributed by atoms with van der Waals surface area (Å²) < 4.78 is 28.5. The molecule has 0 fully saturated rings. The summed E-state index contributed by atoms with van der Waals surface area (Å²) in [6.07, 6.45) is -2.96. The number of carbonyl (C=O) groups is 2. The Bertz CT molecular complexity index is 1520. The van der Waals surface area contributed by atoms with Crippen LogP contribution in [0.3, 0.4) is 0 Å². The summed E-state index contributed by atoms with van der Waals surface area (Å²) in [5.74, 6) is -1.35. The van der Waals surface area contributed by atoms with Crippen LogP contribution in [0, 0.1) is 30.9 Å². The Morgan fingerprint density at radius 3 is 2.53 bits per heavy atom. The van der Waals surface area contributed by atoms with Crippen molar-refractivity contribution >= 4 is 56.1 Å². The SMILES string of the molecule is Cc1ccc(-c2cc(C(F)F)nc3sc(C(N)=O)c(NC(=O)CCn4nc(C)c([N+](=O)[O-])c4C)c23)s1. The van der Waals surface area contributed by atoms with Crippen LogP contribution in [0.4, 0.5) is 20.2 Å². The van der Waals surface area contributed by atoms with Gasteiger partial charge in [-0.2, -0.15) is 5.10 Å². The highest BCUT2D eigenvalue weighted by Gasteiger charge is 2.26. The number of thiophene rings is 2. The second kappa shape index (κ2) is 9.70. The van der Waals surface area contributed by atoms with Gasteiger partial charge in [-0.05, 0) is 39.0 Å². The highest BCUT2D eigenvalue weighted by molar-refractivity contribution is 7.21. The molecule has 0 unspecified atom stereocenters.